The lowest BCUT2D eigenvalue weighted by Crippen LogP contribution is -2.42. The quantitative estimate of drug-likeness (QED) is 0.581. The molecule has 5 nitrogen and oxygen atoms in total. The molecular weight excluding hydrogens is 425 g/mol. The summed E-state index contributed by atoms with van der Waals surface area (Å²) in [5, 5.41) is 2.89. The van der Waals surface area contributed by atoms with Crippen molar-refractivity contribution >= 4 is 17.2 Å². The zero-order chi connectivity index (χ0) is 21.9. The van der Waals surface area contributed by atoms with Gasteiger partial charge in [0.15, 0.2) is 5.69 Å². The third-order valence-electron chi connectivity index (χ3n) is 5.68. The van der Waals surface area contributed by atoms with E-state index in [4.69, 9.17) is 0 Å². The van der Waals surface area contributed by atoms with E-state index in [9.17, 15) is 18.0 Å². The van der Waals surface area contributed by atoms with Gasteiger partial charge in [0.1, 0.15) is 9.88 Å². The van der Waals surface area contributed by atoms with Gasteiger partial charge in [0, 0.05) is 42.3 Å². The second-order valence-electron chi connectivity index (χ2n) is 7.70. The van der Waals surface area contributed by atoms with Gasteiger partial charge in [0.05, 0.1) is 0 Å². The molecule has 0 bridgehead atoms. The van der Waals surface area contributed by atoms with E-state index in [1.165, 1.54) is 12.4 Å². The number of halogens is 3. The van der Waals surface area contributed by atoms with Gasteiger partial charge in [-0.05, 0) is 36.6 Å². The molecule has 0 unspecified atom stereocenters. The van der Waals surface area contributed by atoms with Gasteiger partial charge in [-0.2, -0.15) is 13.2 Å². The highest BCUT2D eigenvalue weighted by molar-refractivity contribution is 7.17. The molecule has 1 aliphatic rings. The number of pyridine rings is 2. The second-order valence-corrected chi connectivity index (χ2v) is 8.70. The van der Waals surface area contributed by atoms with E-state index in [0.29, 0.717) is 5.56 Å². The van der Waals surface area contributed by atoms with Crippen molar-refractivity contribution in [2.45, 2.75) is 43.7 Å². The molecule has 1 saturated carbocycles. The molecule has 1 fully saturated rings. The monoisotopic (exact) mass is 446 g/mol. The zero-order valence-corrected chi connectivity index (χ0v) is 17.5. The van der Waals surface area contributed by atoms with Crippen LogP contribution in [0.15, 0.2) is 49.1 Å². The number of alkyl halides is 3. The minimum Gasteiger partial charge on any atom is -0.350 e. The maximum absolute atomic E-state index is 13.6. The summed E-state index contributed by atoms with van der Waals surface area (Å²) in [4.78, 5) is 24.3. The van der Waals surface area contributed by atoms with E-state index in [1.54, 1.807) is 24.5 Å². The predicted octanol–water partition coefficient (Wildman–Crippen LogP) is 5.25. The summed E-state index contributed by atoms with van der Waals surface area (Å²) < 4.78 is 40.8. The number of thiazole rings is 1. The summed E-state index contributed by atoms with van der Waals surface area (Å²) >= 11 is 0.733. The summed E-state index contributed by atoms with van der Waals surface area (Å²) in [6.07, 6.45) is 6.53. The van der Waals surface area contributed by atoms with Gasteiger partial charge >= 0.3 is 6.18 Å². The van der Waals surface area contributed by atoms with Gasteiger partial charge in [-0.25, -0.2) is 4.98 Å². The van der Waals surface area contributed by atoms with Gasteiger partial charge in [0.2, 0.25) is 0 Å². The SMILES string of the molecule is O=C(NCC1(c2cccnc2)CCCCC1)c1sc(-c2cccnc2)nc1C(F)(F)F. The van der Waals surface area contributed by atoms with Crippen LogP contribution in [0.4, 0.5) is 13.2 Å². The maximum atomic E-state index is 13.6. The third-order valence-corrected chi connectivity index (χ3v) is 6.79. The minimum atomic E-state index is -4.73. The Morgan fingerprint density at radius 1 is 1.06 bits per heavy atom. The van der Waals surface area contributed by atoms with Crippen LogP contribution in [0.25, 0.3) is 10.6 Å². The Balaban J connectivity index is 1.61. The highest BCUT2D eigenvalue weighted by Crippen LogP contribution is 2.40. The number of hydrogen-bond donors (Lipinski definition) is 1. The lowest BCUT2D eigenvalue weighted by atomic mass is 9.70. The fourth-order valence-corrected chi connectivity index (χ4v) is 5.07. The summed E-state index contributed by atoms with van der Waals surface area (Å²) in [6, 6.07) is 7.05. The van der Waals surface area contributed by atoms with Crippen molar-refractivity contribution in [1.29, 1.82) is 0 Å². The normalized spacial score (nSPS) is 16.1. The molecule has 0 atom stereocenters. The van der Waals surface area contributed by atoms with Crippen LogP contribution in [0.1, 0.15) is 53.0 Å². The van der Waals surface area contributed by atoms with Crippen molar-refractivity contribution in [3.8, 4) is 10.6 Å². The van der Waals surface area contributed by atoms with Gasteiger partial charge in [0.25, 0.3) is 5.91 Å². The second kappa shape index (κ2) is 8.74. The Labute approximate surface area is 181 Å². The Morgan fingerprint density at radius 3 is 2.39 bits per heavy atom. The van der Waals surface area contributed by atoms with Crippen LogP contribution in [0.2, 0.25) is 0 Å². The number of aromatic nitrogens is 3. The first-order chi connectivity index (χ1) is 14.9. The van der Waals surface area contributed by atoms with Crippen LogP contribution in [-0.4, -0.2) is 27.4 Å². The number of amides is 1. The molecule has 0 aliphatic heterocycles. The Kier molecular flexibility index (Phi) is 6.04. The molecule has 1 amide bonds. The molecule has 3 heterocycles. The standard InChI is InChI=1S/C22H21F3N4OS/c23-22(24,25)18-17(31-20(29-18)15-6-4-10-26-12-15)19(30)28-14-21(8-2-1-3-9-21)16-7-5-11-27-13-16/h4-7,10-13H,1-3,8-9,14H2,(H,28,30). The molecule has 4 rings (SSSR count). The number of nitrogens with zero attached hydrogens (tertiary/aromatic N) is 3. The Morgan fingerprint density at radius 2 is 1.77 bits per heavy atom. The van der Waals surface area contributed by atoms with E-state index in [1.807, 2.05) is 12.1 Å². The number of carbonyl (C=O) groups is 1. The van der Waals surface area contributed by atoms with Gasteiger partial charge in [-0.3, -0.25) is 14.8 Å². The molecule has 0 spiro atoms. The van der Waals surface area contributed by atoms with Crippen LogP contribution in [-0.2, 0) is 11.6 Å². The summed E-state index contributed by atoms with van der Waals surface area (Å²) in [7, 11) is 0. The molecule has 9 heteroatoms. The highest BCUT2D eigenvalue weighted by atomic mass is 32.1. The highest BCUT2D eigenvalue weighted by Gasteiger charge is 2.41. The number of hydrogen-bond acceptors (Lipinski definition) is 5. The van der Waals surface area contributed by atoms with E-state index in [2.05, 4.69) is 20.3 Å². The molecule has 0 saturated heterocycles. The topological polar surface area (TPSA) is 67.8 Å². The molecule has 3 aromatic heterocycles. The molecule has 1 aliphatic carbocycles. The summed E-state index contributed by atoms with van der Waals surface area (Å²) in [5.74, 6) is -0.756. The van der Waals surface area contributed by atoms with E-state index in [-0.39, 0.29) is 17.0 Å². The number of nitrogens with one attached hydrogen (secondary N) is 1. The largest absolute Gasteiger partial charge is 0.435 e. The smallest absolute Gasteiger partial charge is 0.350 e. The van der Waals surface area contributed by atoms with Crippen LogP contribution < -0.4 is 5.32 Å². The molecule has 3 aromatic rings. The van der Waals surface area contributed by atoms with E-state index >= 15 is 0 Å². The Hall–Kier alpha value is -2.81. The fourth-order valence-electron chi connectivity index (χ4n) is 4.08. The van der Waals surface area contributed by atoms with Gasteiger partial charge in [-0.15, -0.1) is 11.3 Å². The average Bonchev–Trinajstić information content (AvgIpc) is 3.26. The summed E-state index contributed by atoms with van der Waals surface area (Å²) in [5.41, 5.74) is -0.0345. The molecule has 0 radical (unpaired) electrons. The molecule has 0 aromatic carbocycles. The zero-order valence-electron chi connectivity index (χ0n) is 16.7. The lowest BCUT2D eigenvalue weighted by molar-refractivity contribution is -0.141. The van der Waals surface area contributed by atoms with Crippen molar-refractivity contribution in [3.05, 3.63) is 65.2 Å². The maximum Gasteiger partial charge on any atom is 0.435 e. The number of carbonyl (C=O) groups excluding carboxylic acids is 1. The van der Waals surface area contributed by atoms with Crippen LogP contribution in [0.5, 0.6) is 0 Å². The number of rotatable bonds is 5. The third kappa shape index (κ3) is 4.61. The minimum absolute atomic E-state index is 0.116. The molecule has 162 valence electrons. The first kappa shape index (κ1) is 21.4. The van der Waals surface area contributed by atoms with Crippen LogP contribution >= 0.6 is 11.3 Å². The van der Waals surface area contributed by atoms with Crippen molar-refractivity contribution < 1.29 is 18.0 Å². The summed E-state index contributed by atoms with van der Waals surface area (Å²) in [6.45, 7) is 0.259. The van der Waals surface area contributed by atoms with Crippen molar-refractivity contribution in [2.75, 3.05) is 6.54 Å². The van der Waals surface area contributed by atoms with Crippen LogP contribution in [0.3, 0.4) is 0 Å². The van der Waals surface area contributed by atoms with Crippen molar-refractivity contribution in [3.63, 3.8) is 0 Å². The average molecular weight is 446 g/mol. The molecule has 1 N–H and O–H groups in total. The van der Waals surface area contributed by atoms with Crippen LogP contribution in [0, 0.1) is 0 Å². The van der Waals surface area contributed by atoms with Crippen molar-refractivity contribution in [1.82, 2.24) is 20.3 Å². The Bertz CT molecular complexity index is 1030. The van der Waals surface area contributed by atoms with Crippen molar-refractivity contribution in [2.24, 2.45) is 0 Å². The lowest BCUT2D eigenvalue weighted by Gasteiger charge is -2.37. The molecular formula is C22H21F3N4OS. The predicted molar refractivity (Wildman–Crippen MR) is 112 cm³/mol. The van der Waals surface area contributed by atoms with Gasteiger partial charge in [-0.1, -0.05) is 25.3 Å². The first-order valence-corrected chi connectivity index (χ1v) is 10.9. The van der Waals surface area contributed by atoms with Gasteiger partial charge < -0.3 is 5.32 Å². The van der Waals surface area contributed by atoms with E-state index in [0.717, 1.165) is 49.0 Å². The first-order valence-electron chi connectivity index (χ1n) is 10.1. The fraction of sp³-hybridized carbons (Fsp3) is 0.364. The molecule has 31 heavy (non-hydrogen) atoms. The van der Waals surface area contributed by atoms with E-state index < -0.39 is 22.7 Å².